The van der Waals surface area contributed by atoms with Crippen LogP contribution in [-0.4, -0.2) is 42.6 Å². The monoisotopic (exact) mass is 518 g/mol. The van der Waals surface area contributed by atoms with Crippen LogP contribution >= 0.6 is 0 Å². The van der Waals surface area contributed by atoms with Gasteiger partial charge in [0.25, 0.3) is 5.56 Å². The van der Waals surface area contributed by atoms with Gasteiger partial charge in [-0.05, 0) is 62.0 Å². The number of ether oxygens (including phenoxy) is 1. The number of aromatic nitrogens is 3. The van der Waals surface area contributed by atoms with Crippen molar-refractivity contribution in [3.63, 3.8) is 0 Å². The van der Waals surface area contributed by atoms with Gasteiger partial charge in [0.1, 0.15) is 17.3 Å². The van der Waals surface area contributed by atoms with E-state index in [1.165, 1.54) is 12.1 Å². The number of aryl methyl sites for hydroxylation is 1. The van der Waals surface area contributed by atoms with E-state index in [0.717, 1.165) is 16.9 Å². The molecule has 191 valence electrons. The van der Waals surface area contributed by atoms with Crippen molar-refractivity contribution in [2.75, 3.05) is 13.7 Å². The zero-order chi connectivity index (χ0) is 26.5. The third-order valence-electron chi connectivity index (χ3n) is 5.92. The van der Waals surface area contributed by atoms with Gasteiger partial charge in [-0.15, -0.1) is 0 Å². The van der Waals surface area contributed by atoms with E-state index in [1.54, 1.807) is 54.5 Å². The lowest BCUT2D eigenvalue weighted by Crippen LogP contribution is -2.33. The second kappa shape index (κ2) is 11.4. The van der Waals surface area contributed by atoms with Gasteiger partial charge in [-0.25, -0.2) is 9.37 Å². The number of hydrazone groups is 1. The van der Waals surface area contributed by atoms with Gasteiger partial charge in [-0.3, -0.25) is 4.79 Å². The summed E-state index contributed by atoms with van der Waals surface area (Å²) in [5.74, 6) is 6.05. The molecule has 1 atom stereocenters. The highest BCUT2D eigenvalue weighted by Gasteiger charge is 2.21. The van der Waals surface area contributed by atoms with Crippen LogP contribution in [0.5, 0.6) is 5.75 Å². The first-order valence-corrected chi connectivity index (χ1v) is 14.1. The summed E-state index contributed by atoms with van der Waals surface area (Å²) in [4.78, 5) is 18.0. The Bertz CT molecular complexity index is 1460. The van der Waals surface area contributed by atoms with Gasteiger partial charge >= 0.3 is 0 Å². The quantitative estimate of drug-likeness (QED) is 0.156. The van der Waals surface area contributed by atoms with Gasteiger partial charge in [0.15, 0.2) is 0 Å². The number of rotatable bonds is 9. The third kappa shape index (κ3) is 5.70. The largest absolute Gasteiger partial charge is 0.495 e. The van der Waals surface area contributed by atoms with Crippen LogP contribution in [0.4, 0.5) is 4.39 Å². The summed E-state index contributed by atoms with van der Waals surface area (Å²) in [7, 11) is 0.551. The van der Waals surface area contributed by atoms with Crippen LogP contribution in [0, 0.1) is 12.7 Å². The minimum atomic E-state index is -1.02. The molecular formula is C27H29FN5O3Si. The van der Waals surface area contributed by atoms with Crippen LogP contribution in [-0.2, 0) is 4.43 Å². The number of nitrogens with two attached hydrogens (primary N) is 1. The highest BCUT2D eigenvalue weighted by molar-refractivity contribution is 6.48. The van der Waals surface area contributed by atoms with Crippen molar-refractivity contribution in [2.24, 2.45) is 10.9 Å². The first kappa shape index (κ1) is 26.1. The number of methoxy groups -OCH3 is 1. The number of benzene rings is 2. The molecule has 8 nitrogen and oxygen atoms in total. The average Bonchev–Trinajstić information content (AvgIpc) is 3.33. The average molecular weight is 519 g/mol. The lowest BCUT2D eigenvalue weighted by atomic mass is 10.0. The molecular weight excluding hydrogens is 489 g/mol. The minimum Gasteiger partial charge on any atom is -0.495 e. The summed E-state index contributed by atoms with van der Waals surface area (Å²) in [5, 5.41) is 3.98. The summed E-state index contributed by atoms with van der Waals surface area (Å²) < 4.78 is 28.6. The Morgan fingerprint density at radius 1 is 1.19 bits per heavy atom. The molecule has 0 saturated carbocycles. The number of nitrogens with zero attached hydrogens (tertiary/aromatic N) is 4. The van der Waals surface area contributed by atoms with E-state index in [9.17, 15) is 9.18 Å². The first-order chi connectivity index (χ1) is 17.8. The van der Waals surface area contributed by atoms with Gasteiger partial charge in [0, 0.05) is 18.0 Å². The SMILES string of the molecule is COc1cc(/C(=N/N)c2cccn(C(CO[Si](C)C)c3ccc(F)cc3)c2=O)ccc1-n1cnc(C)c1. The molecule has 37 heavy (non-hydrogen) atoms. The second-order valence-electron chi connectivity index (χ2n) is 8.71. The van der Waals surface area contributed by atoms with Crippen LogP contribution in [0.1, 0.15) is 28.4 Å². The summed E-state index contributed by atoms with van der Waals surface area (Å²) >= 11 is 0. The van der Waals surface area contributed by atoms with Crippen molar-refractivity contribution in [2.45, 2.75) is 26.1 Å². The molecule has 2 aromatic carbocycles. The summed E-state index contributed by atoms with van der Waals surface area (Å²) in [6.07, 6.45) is 5.29. The zero-order valence-corrected chi connectivity index (χ0v) is 22.2. The van der Waals surface area contributed by atoms with E-state index in [2.05, 4.69) is 10.1 Å². The van der Waals surface area contributed by atoms with Crippen molar-refractivity contribution >= 4 is 14.8 Å². The van der Waals surface area contributed by atoms with Crippen LogP contribution in [0.3, 0.4) is 0 Å². The molecule has 0 aliphatic carbocycles. The maximum atomic E-state index is 13.8. The highest BCUT2D eigenvalue weighted by atomic mass is 28.3. The molecule has 10 heteroatoms. The van der Waals surface area contributed by atoms with Crippen LogP contribution < -0.4 is 16.1 Å². The number of hydrogen-bond acceptors (Lipinski definition) is 6. The van der Waals surface area contributed by atoms with Crippen molar-refractivity contribution in [3.8, 4) is 11.4 Å². The molecule has 0 fully saturated rings. The van der Waals surface area contributed by atoms with Crippen molar-refractivity contribution in [1.82, 2.24) is 14.1 Å². The molecule has 4 rings (SSSR count). The molecule has 2 N–H and O–H groups in total. The molecule has 2 aromatic heterocycles. The first-order valence-electron chi connectivity index (χ1n) is 11.7. The molecule has 2 heterocycles. The minimum absolute atomic E-state index is 0.276. The molecule has 4 aromatic rings. The van der Waals surface area contributed by atoms with E-state index < -0.39 is 15.1 Å². The summed E-state index contributed by atoms with van der Waals surface area (Å²) in [6.45, 7) is 6.22. The lowest BCUT2D eigenvalue weighted by molar-refractivity contribution is 0.274. The van der Waals surface area contributed by atoms with E-state index in [0.29, 0.717) is 22.6 Å². The molecule has 0 saturated heterocycles. The smallest absolute Gasteiger partial charge is 0.260 e. The maximum Gasteiger partial charge on any atom is 0.260 e. The van der Waals surface area contributed by atoms with Gasteiger partial charge in [-0.2, -0.15) is 5.10 Å². The van der Waals surface area contributed by atoms with Crippen LogP contribution in [0.25, 0.3) is 5.69 Å². The number of imidazole rings is 1. The Kier molecular flexibility index (Phi) is 8.00. The number of pyridine rings is 1. The fourth-order valence-electron chi connectivity index (χ4n) is 4.09. The van der Waals surface area contributed by atoms with E-state index in [-0.39, 0.29) is 18.0 Å². The van der Waals surface area contributed by atoms with Gasteiger partial charge < -0.3 is 24.1 Å². The molecule has 1 radical (unpaired) electrons. The van der Waals surface area contributed by atoms with Gasteiger partial charge in [-0.1, -0.05) is 18.2 Å². The summed E-state index contributed by atoms with van der Waals surface area (Å²) in [6, 6.07) is 14.6. The van der Waals surface area contributed by atoms with Crippen molar-refractivity contribution in [1.29, 1.82) is 0 Å². The highest BCUT2D eigenvalue weighted by Crippen LogP contribution is 2.26. The molecule has 0 amide bonds. The fraction of sp³-hybridized carbons (Fsp3) is 0.222. The zero-order valence-electron chi connectivity index (χ0n) is 21.2. The number of halogens is 1. The molecule has 0 spiro atoms. The standard InChI is InChI=1S/C27H29FN5O3Si/c1-18-15-32(17-30-18)23-12-9-20(14-25(23)35-2)26(31-29)22-6-5-13-33(27(22)34)24(16-36-37(3)4)19-7-10-21(28)11-8-19/h5-15,17,24H,16,29H2,1-4H3/b31-26-. The lowest BCUT2D eigenvalue weighted by Gasteiger charge is -2.22. The third-order valence-corrected chi connectivity index (χ3v) is 6.67. The van der Waals surface area contributed by atoms with Gasteiger partial charge in [0.2, 0.25) is 9.04 Å². The topological polar surface area (TPSA) is 96.7 Å². The molecule has 1 unspecified atom stereocenters. The van der Waals surface area contributed by atoms with E-state index >= 15 is 0 Å². The Hall–Kier alpha value is -4.02. The normalized spacial score (nSPS) is 12.6. The van der Waals surface area contributed by atoms with E-state index in [4.69, 9.17) is 15.0 Å². The molecule has 0 aliphatic heterocycles. The van der Waals surface area contributed by atoms with Crippen molar-refractivity contribution < 1.29 is 13.6 Å². The van der Waals surface area contributed by atoms with E-state index in [1.807, 2.05) is 42.9 Å². The van der Waals surface area contributed by atoms with Crippen molar-refractivity contribution in [3.05, 3.63) is 112 Å². The Labute approximate surface area is 216 Å². The summed E-state index contributed by atoms with van der Waals surface area (Å²) in [5.41, 5.74) is 3.40. The molecule has 0 aliphatic rings. The maximum absolute atomic E-state index is 13.8. The number of hydrogen-bond donors (Lipinski definition) is 1. The predicted octanol–water partition coefficient (Wildman–Crippen LogP) is 4.06. The fourth-order valence-corrected chi connectivity index (χ4v) is 4.59. The Morgan fingerprint density at radius 2 is 1.95 bits per heavy atom. The van der Waals surface area contributed by atoms with Crippen LogP contribution in [0.15, 0.2) is 83.2 Å². The molecule has 0 bridgehead atoms. The second-order valence-corrected chi connectivity index (χ2v) is 10.8. The Balaban J connectivity index is 1.77. The van der Waals surface area contributed by atoms with Gasteiger partial charge in [0.05, 0.1) is 43.0 Å². The van der Waals surface area contributed by atoms with Crippen LogP contribution in [0.2, 0.25) is 13.1 Å². The predicted molar refractivity (Wildman–Crippen MR) is 143 cm³/mol. The Morgan fingerprint density at radius 3 is 2.57 bits per heavy atom.